The zero-order valence-corrected chi connectivity index (χ0v) is 7.49. The van der Waals surface area contributed by atoms with E-state index in [1.165, 1.54) is 0 Å². The molecule has 0 saturated heterocycles. The summed E-state index contributed by atoms with van der Waals surface area (Å²) in [6.07, 6.45) is 0. The van der Waals surface area contributed by atoms with E-state index in [-0.39, 0.29) is 0 Å². The third kappa shape index (κ3) is 0.973. The van der Waals surface area contributed by atoms with Crippen LogP contribution in [0.3, 0.4) is 0 Å². The number of hydrogen-bond donors (Lipinski definition) is 0. The monoisotopic (exact) mass is 184 g/mol. The molecule has 0 radical (unpaired) electrons. The number of ether oxygens (including phenoxy) is 2. The van der Waals surface area contributed by atoms with Crippen LogP contribution in [0, 0.1) is 0 Å². The Labute approximate surface area is 81.4 Å². The van der Waals surface area contributed by atoms with Gasteiger partial charge in [-0.05, 0) is 29.5 Å². The molecule has 0 atom stereocenters. The number of benzene rings is 2. The predicted octanol–water partition coefficient (Wildman–Crippen LogP) is 3.08. The highest BCUT2D eigenvalue weighted by Crippen LogP contribution is 2.38. The van der Waals surface area contributed by atoms with E-state index in [0.29, 0.717) is 5.95 Å². The first-order valence-corrected chi connectivity index (χ1v) is 4.40. The molecule has 0 aromatic heterocycles. The highest BCUT2D eigenvalue weighted by Gasteiger charge is 2.17. The third-order valence-corrected chi connectivity index (χ3v) is 2.26. The summed E-state index contributed by atoms with van der Waals surface area (Å²) < 4.78 is 10.6. The predicted molar refractivity (Wildman–Crippen MR) is 54.3 cm³/mol. The number of hydrogen-bond acceptors (Lipinski definition) is 2. The first-order valence-electron chi connectivity index (χ1n) is 4.40. The topological polar surface area (TPSA) is 18.5 Å². The maximum absolute atomic E-state index is 5.30. The summed E-state index contributed by atoms with van der Waals surface area (Å²) in [5, 5.41) is 2.29. The fourth-order valence-electron chi connectivity index (χ4n) is 1.62. The molecule has 0 bridgehead atoms. The maximum atomic E-state index is 5.30. The molecule has 2 aromatic rings. The summed E-state index contributed by atoms with van der Waals surface area (Å²) in [6, 6.07) is 12.0. The lowest BCUT2D eigenvalue weighted by molar-refractivity contribution is 0.290. The van der Waals surface area contributed by atoms with Gasteiger partial charge >= 0.3 is 0 Å². The summed E-state index contributed by atoms with van der Waals surface area (Å²) in [6.45, 7) is 3.62. The van der Waals surface area contributed by atoms with Gasteiger partial charge in [-0.3, -0.25) is 0 Å². The molecular formula is C12H8O2. The molecule has 1 heterocycles. The molecule has 2 nitrogen and oxygen atoms in total. The first kappa shape index (κ1) is 7.44. The summed E-state index contributed by atoms with van der Waals surface area (Å²) in [7, 11) is 0. The van der Waals surface area contributed by atoms with Gasteiger partial charge in [0.15, 0.2) is 11.5 Å². The fourth-order valence-corrected chi connectivity index (χ4v) is 1.62. The quantitative estimate of drug-likeness (QED) is 0.626. The molecule has 2 aromatic carbocycles. The van der Waals surface area contributed by atoms with E-state index in [9.17, 15) is 0 Å². The van der Waals surface area contributed by atoms with Crippen LogP contribution in [-0.2, 0) is 0 Å². The standard InChI is InChI=1S/C12H8O2/c1-8-13-11-6-9-4-2-3-5-10(9)7-12(11)14-8/h2-7H,1H2. The van der Waals surface area contributed by atoms with Crippen molar-refractivity contribution in [2.45, 2.75) is 0 Å². The van der Waals surface area contributed by atoms with Gasteiger partial charge in [0.25, 0.3) is 5.95 Å². The van der Waals surface area contributed by atoms with Crippen molar-refractivity contribution in [3.05, 3.63) is 48.9 Å². The Morgan fingerprint density at radius 2 is 1.36 bits per heavy atom. The van der Waals surface area contributed by atoms with Crippen molar-refractivity contribution in [1.82, 2.24) is 0 Å². The molecule has 14 heavy (non-hydrogen) atoms. The SMILES string of the molecule is C=C1Oc2cc3ccccc3cc2O1. The second-order valence-corrected chi connectivity index (χ2v) is 3.22. The third-order valence-electron chi connectivity index (χ3n) is 2.26. The van der Waals surface area contributed by atoms with Gasteiger partial charge in [0.1, 0.15) is 0 Å². The lowest BCUT2D eigenvalue weighted by atomic mass is 10.1. The molecule has 1 aliphatic heterocycles. The fraction of sp³-hybridized carbons (Fsp3) is 0. The maximum Gasteiger partial charge on any atom is 0.282 e. The van der Waals surface area contributed by atoms with Gasteiger partial charge in [0.05, 0.1) is 0 Å². The lowest BCUT2D eigenvalue weighted by Gasteiger charge is -1.98. The lowest BCUT2D eigenvalue weighted by Crippen LogP contribution is -1.88. The van der Waals surface area contributed by atoms with Gasteiger partial charge in [-0.2, -0.15) is 0 Å². The van der Waals surface area contributed by atoms with E-state index in [0.717, 1.165) is 22.3 Å². The average Bonchev–Trinajstić information content (AvgIpc) is 2.53. The second kappa shape index (κ2) is 2.51. The molecule has 1 aliphatic rings. The van der Waals surface area contributed by atoms with Crippen LogP contribution in [0.15, 0.2) is 48.9 Å². The van der Waals surface area contributed by atoms with E-state index in [2.05, 4.69) is 6.58 Å². The first-order chi connectivity index (χ1) is 6.83. The molecule has 0 N–H and O–H groups in total. The summed E-state index contributed by atoms with van der Waals surface area (Å²) in [4.78, 5) is 0. The summed E-state index contributed by atoms with van der Waals surface area (Å²) in [5.74, 6) is 1.83. The minimum absolute atomic E-state index is 0.343. The van der Waals surface area contributed by atoms with E-state index >= 15 is 0 Å². The van der Waals surface area contributed by atoms with Gasteiger partial charge in [-0.25, -0.2) is 0 Å². The van der Waals surface area contributed by atoms with Crippen LogP contribution in [0.4, 0.5) is 0 Å². The van der Waals surface area contributed by atoms with Gasteiger partial charge < -0.3 is 9.47 Å². The highest BCUT2D eigenvalue weighted by atomic mass is 16.7. The molecule has 0 aliphatic carbocycles. The van der Waals surface area contributed by atoms with Crippen LogP contribution in [0.1, 0.15) is 0 Å². The van der Waals surface area contributed by atoms with Crippen LogP contribution in [0.5, 0.6) is 11.5 Å². The van der Waals surface area contributed by atoms with Crippen LogP contribution in [0.25, 0.3) is 10.8 Å². The zero-order chi connectivity index (χ0) is 9.54. The van der Waals surface area contributed by atoms with E-state index in [1.807, 2.05) is 36.4 Å². The Kier molecular flexibility index (Phi) is 1.34. The molecule has 2 heteroatoms. The van der Waals surface area contributed by atoms with E-state index < -0.39 is 0 Å². The molecule has 0 unspecified atom stereocenters. The Bertz CT molecular complexity index is 482. The second-order valence-electron chi connectivity index (χ2n) is 3.22. The van der Waals surface area contributed by atoms with Crippen molar-refractivity contribution in [1.29, 1.82) is 0 Å². The van der Waals surface area contributed by atoms with Crippen LogP contribution in [-0.4, -0.2) is 0 Å². The molecule has 0 fully saturated rings. The van der Waals surface area contributed by atoms with Gasteiger partial charge in [0.2, 0.25) is 0 Å². The smallest absolute Gasteiger partial charge is 0.282 e. The molecule has 0 spiro atoms. The number of fused-ring (bicyclic) bond motifs is 2. The average molecular weight is 184 g/mol. The van der Waals surface area contributed by atoms with E-state index in [4.69, 9.17) is 9.47 Å². The minimum Gasteiger partial charge on any atom is -0.422 e. The highest BCUT2D eigenvalue weighted by molar-refractivity contribution is 5.86. The van der Waals surface area contributed by atoms with Crippen molar-refractivity contribution < 1.29 is 9.47 Å². The van der Waals surface area contributed by atoms with Crippen molar-refractivity contribution in [2.75, 3.05) is 0 Å². The Balaban J connectivity index is 2.31. The Hall–Kier alpha value is -1.96. The Morgan fingerprint density at radius 3 is 1.86 bits per heavy atom. The zero-order valence-electron chi connectivity index (χ0n) is 7.49. The van der Waals surface area contributed by atoms with Gasteiger partial charge in [-0.1, -0.05) is 24.3 Å². The Morgan fingerprint density at radius 1 is 0.857 bits per heavy atom. The number of rotatable bonds is 0. The van der Waals surface area contributed by atoms with Crippen LogP contribution < -0.4 is 9.47 Å². The minimum atomic E-state index is 0.343. The summed E-state index contributed by atoms with van der Waals surface area (Å²) in [5.41, 5.74) is 0. The van der Waals surface area contributed by atoms with Crippen LogP contribution in [0.2, 0.25) is 0 Å². The normalized spacial score (nSPS) is 13.6. The van der Waals surface area contributed by atoms with E-state index in [1.54, 1.807) is 0 Å². The van der Waals surface area contributed by atoms with Gasteiger partial charge in [-0.15, -0.1) is 0 Å². The molecule has 0 amide bonds. The molecule has 0 saturated carbocycles. The molecule has 68 valence electrons. The van der Waals surface area contributed by atoms with Gasteiger partial charge in [0, 0.05) is 0 Å². The summed E-state index contributed by atoms with van der Waals surface area (Å²) >= 11 is 0. The molecule has 3 rings (SSSR count). The van der Waals surface area contributed by atoms with Crippen LogP contribution >= 0.6 is 0 Å². The largest absolute Gasteiger partial charge is 0.422 e. The van der Waals surface area contributed by atoms with Crippen molar-refractivity contribution in [3.63, 3.8) is 0 Å². The molecular weight excluding hydrogens is 176 g/mol. The van der Waals surface area contributed by atoms with Crippen molar-refractivity contribution in [2.24, 2.45) is 0 Å². The van der Waals surface area contributed by atoms with Crippen molar-refractivity contribution >= 4 is 10.8 Å². The van der Waals surface area contributed by atoms with Crippen molar-refractivity contribution in [3.8, 4) is 11.5 Å².